The van der Waals surface area contributed by atoms with Gasteiger partial charge in [-0.1, -0.05) is 31.6 Å². The van der Waals surface area contributed by atoms with E-state index in [2.05, 4.69) is 0 Å². The van der Waals surface area contributed by atoms with E-state index in [0.717, 1.165) is 18.4 Å². The molecule has 8 heteroatoms. The average molecular weight is 417 g/mol. The number of hydrogen-bond acceptors (Lipinski definition) is 8. The normalized spacial score (nSPS) is 43.7. The second-order valence-corrected chi connectivity index (χ2v) is 9.01. The number of aliphatic hydroxyl groups is 6. The molecule has 1 aliphatic carbocycles. The zero-order valence-electron chi connectivity index (χ0n) is 17.7. The summed E-state index contributed by atoms with van der Waals surface area (Å²) in [7, 11) is 0. The third-order valence-corrected chi connectivity index (χ3v) is 6.52. The number of aliphatic hydroxyl groups excluding tert-OH is 5. The van der Waals surface area contributed by atoms with Crippen LogP contribution in [0.25, 0.3) is 0 Å². The highest BCUT2D eigenvalue weighted by molar-refractivity contribution is 5.26. The molecule has 168 valence electrons. The fourth-order valence-corrected chi connectivity index (χ4v) is 4.40. The highest BCUT2D eigenvalue weighted by atomic mass is 16.7. The Bertz CT molecular complexity index is 616. The lowest BCUT2D eigenvalue weighted by Gasteiger charge is -2.57. The van der Waals surface area contributed by atoms with Gasteiger partial charge in [-0.2, -0.15) is 0 Å². The van der Waals surface area contributed by atoms with Crippen LogP contribution in [0.15, 0.2) is 23.8 Å². The van der Waals surface area contributed by atoms with Crippen LogP contribution < -0.4 is 0 Å². The van der Waals surface area contributed by atoms with Gasteiger partial charge in [0.1, 0.15) is 35.6 Å². The Labute approximate surface area is 172 Å². The molecule has 6 N–H and O–H groups in total. The monoisotopic (exact) mass is 416 g/mol. The van der Waals surface area contributed by atoms with E-state index >= 15 is 0 Å². The van der Waals surface area contributed by atoms with Crippen LogP contribution in [0.1, 0.15) is 47.0 Å². The van der Waals surface area contributed by atoms with Gasteiger partial charge in [0.2, 0.25) is 0 Å². The molecule has 0 bridgehead atoms. The number of hydrogen-bond donors (Lipinski definition) is 6. The van der Waals surface area contributed by atoms with E-state index in [9.17, 15) is 25.5 Å². The summed E-state index contributed by atoms with van der Waals surface area (Å²) in [4.78, 5) is 0. The van der Waals surface area contributed by atoms with Gasteiger partial charge in [-0.3, -0.25) is 0 Å². The van der Waals surface area contributed by atoms with Gasteiger partial charge in [-0.05, 0) is 44.6 Å². The Balaban J connectivity index is 2.37. The summed E-state index contributed by atoms with van der Waals surface area (Å²) in [5.74, 6) is 0. The molecule has 0 unspecified atom stereocenters. The molecular weight excluding hydrogens is 380 g/mol. The molecule has 1 aliphatic heterocycles. The average Bonchev–Trinajstić information content (AvgIpc) is 2.65. The van der Waals surface area contributed by atoms with Crippen molar-refractivity contribution in [2.45, 2.75) is 88.9 Å². The Morgan fingerprint density at radius 3 is 2.31 bits per heavy atom. The molecule has 7 atom stereocenters. The highest BCUT2D eigenvalue weighted by Gasteiger charge is 2.60. The molecule has 0 aromatic heterocycles. The summed E-state index contributed by atoms with van der Waals surface area (Å²) in [6.45, 7) is 6.72. The number of allylic oxidation sites excluding steroid dienone is 2. The van der Waals surface area contributed by atoms with Gasteiger partial charge in [0.25, 0.3) is 0 Å². The molecular formula is C21H36O8. The molecule has 1 saturated heterocycles. The van der Waals surface area contributed by atoms with Crippen molar-refractivity contribution in [1.82, 2.24) is 0 Å². The topological polar surface area (TPSA) is 140 Å². The number of rotatable bonds is 6. The van der Waals surface area contributed by atoms with E-state index < -0.39 is 53.9 Å². The van der Waals surface area contributed by atoms with Gasteiger partial charge in [0.05, 0.1) is 13.2 Å². The quantitative estimate of drug-likeness (QED) is 0.333. The van der Waals surface area contributed by atoms with Crippen LogP contribution in [0.2, 0.25) is 0 Å². The lowest BCUT2D eigenvalue weighted by Crippen LogP contribution is -2.67. The van der Waals surface area contributed by atoms with Crippen LogP contribution in [0.4, 0.5) is 0 Å². The van der Waals surface area contributed by atoms with Gasteiger partial charge in [-0.15, -0.1) is 0 Å². The Hall–Kier alpha value is -0.840. The molecule has 0 amide bonds. The van der Waals surface area contributed by atoms with Gasteiger partial charge in [0.15, 0.2) is 6.29 Å². The van der Waals surface area contributed by atoms with E-state index in [1.54, 1.807) is 25.2 Å². The minimum Gasteiger partial charge on any atom is -0.394 e. The fraction of sp³-hybridized carbons (Fsp3) is 0.810. The summed E-state index contributed by atoms with van der Waals surface area (Å²) in [6.07, 6.45) is -0.0299. The van der Waals surface area contributed by atoms with E-state index in [4.69, 9.17) is 14.6 Å². The van der Waals surface area contributed by atoms with E-state index in [0.29, 0.717) is 6.42 Å². The molecule has 2 aliphatic rings. The molecule has 2 rings (SSSR count). The van der Waals surface area contributed by atoms with E-state index in [1.807, 2.05) is 20.8 Å². The van der Waals surface area contributed by atoms with Crippen molar-refractivity contribution in [2.24, 2.45) is 5.41 Å². The molecule has 29 heavy (non-hydrogen) atoms. The summed E-state index contributed by atoms with van der Waals surface area (Å²) < 4.78 is 11.6. The van der Waals surface area contributed by atoms with Crippen LogP contribution in [0.3, 0.4) is 0 Å². The zero-order valence-corrected chi connectivity index (χ0v) is 17.7. The molecule has 1 saturated carbocycles. The first-order valence-electron chi connectivity index (χ1n) is 10.1. The predicted molar refractivity (Wildman–Crippen MR) is 106 cm³/mol. The van der Waals surface area contributed by atoms with Crippen LogP contribution in [0.5, 0.6) is 0 Å². The minimum absolute atomic E-state index is 0.114. The standard InChI is InChI=1S/C21H36O8/c1-13(7-11-22)6-10-21(27)19(2,3)8-5-9-20(21,4)29-18-17(26)16(25)15(24)14(12-23)28-18/h6-7,10,14-18,22-27H,5,8-9,11-12H2,1-4H3/b10-6+,13-7-/t14-,15+,16-,17+,18-,20+,21+/m0/s1. The van der Waals surface area contributed by atoms with Crippen LogP contribution in [-0.4, -0.2) is 85.8 Å². The van der Waals surface area contributed by atoms with Gasteiger partial charge in [0, 0.05) is 0 Å². The largest absolute Gasteiger partial charge is 0.394 e. The smallest absolute Gasteiger partial charge is 0.187 e. The van der Waals surface area contributed by atoms with Crippen molar-refractivity contribution < 1.29 is 40.1 Å². The minimum atomic E-state index is -1.55. The third kappa shape index (κ3) is 4.60. The molecule has 0 spiro atoms. The lowest BCUT2D eigenvalue weighted by molar-refractivity contribution is -0.352. The maximum atomic E-state index is 11.8. The van der Waals surface area contributed by atoms with Gasteiger partial charge in [-0.25, -0.2) is 0 Å². The van der Waals surface area contributed by atoms with Crippen molar-refractivity contribution in [1.29, 1.82) is 0 Å². The number of ether oxygens (including phenoxy) is 2. The molecule has 0 aromatic rings. The third-order valence-electron chi connectivity index (χ3n) is 6.52. The summed E-state index contributed by atoms with van der Waals surface area (Å²) >= 11 is 0. The first kappa shape index (κ1) is 24.4. The van der Waals surface area contributed by atoms with Gasteiger partial charge >= 0.3 is 0 Å². The summed E-state index contributed by atoms with van der Waals surface area (Å²) in [5.41, 5.74) is -2.44. The maximum absolute atomic E-state index is 11.8. The summed E-state index contributed by atoms with van der Waals surface area (Å²) in [5, 5.41) is 60.7. The molecule has 8 nitrogen and oxygen atoms in total. The molecule has 0 aromatic carbocycles. The summed E-state index contributed by atoms with van der Waals surface area (Å²) in [6, 6.07) is 0. The van der Waals surface area contributed by atoms with Crippen molar-refractivity contribution in [3.05, 3.63) is 23.8 Å². The molecule has 0 radical (unpaired) electrons. The maximum Gasteiger partial charge on any atom is 0.187 e. The van der Waals surface area contributed by atoms with E-state index in [1.165, 1.54) is 0 Å². The van der Waals surface area contributed by atoms with Crippen molar-refractivity contribution in [3.63, 3.8) is 0 Å². The zero-order chi connectivity index (χ0) is 22.0. The fourth-order valence-electron chi connectivity index (χ4n) is 4.40. The van der Waals surface area contributed by atoms with Crippen LogP contribution >= 0.6 is 0 Å². The Kier molecular flexibility index (Phi) is 7.68. The van der Waals surface area contributed by atoms with Crippen LogP contribution in [0, 0.1) is 5.41 Å². The lowest BCUT2D eigenvalue weighted by atomic mass is 9.58. The van der Waals surface area contributed by atoms with Gasteiger partial charge < -0.3 is 40.1 Å². The first-order valence-corrected chi connectivity index (χ1v) is 10.1. The second kappa shape index (κ2) is 9.11. The van der Waals surface area contributed by atoms with Crippen molar-refractivity contribution in [2.75, 3.05) is 13.2 Å². The van der Waals surface area contributed by atoms with E-state index in [-0.39, 0.29) is 6.61 Å². The second-order valence-electron chi connectivity index (χ2n) is 9.01. The van der Waals surface area contributed by atoms with Crippen molar-refractivity contribution in [3.8, 4) is 0 Å². The van der Waals surface area contributed by atoms with Crippen molar-refractivity contribution >= 4 is 0 Å². The highest BCUT2D eigenvalue weighted by Crippen LogP contribution is 2.52. The SMILES string of the molecule is CC(=C/CO)/C=C/[C@@]1(O)C(C)(C)CCC[C@@]1(C)O[C@@H]1O[C@@H](CO)[C@@H](O)[C@H](O)[C@H]1O. The molecule has 1 heterocycles. The predicted octanol–water partition coefficient (Wildman–Crippen LogP) is -0.00240. The first-order chi connectivity index (χ1) is 13.4. The molecule has 2 fully saturated rings. The Morgan fingerprint density at radius 1 is 1.07 bits per heavy atom. The Morgan fingerprint density at radius 2 is 1.72 bits per heavy atom. The van der Waals surface area contributed by atoms with Crippen LogP contribution in [-0.2, 0) is 9.47 Å².